The Morgan fingerprint density at radius 3 is 2.79 bits per heavy atom. The molecule has 14 heavy (non-hydrogen) atoms. The fourth-order valence-electron chi connectivity index (χ4n) is 1.34. The molecule has 1 rings (SSSR count). The van der Waals surface area contributed by atoms with Gasteiger partial charge in [0.05, 0.1) is 0 Å². The summed E-state index contributed by atoms with van der Waals surface area (Å²) in [5, 5.41) is 0.855. The van der Waals surface area contributed by atoms with E-state index in [2.05, 4.69) is 0 Å². The molecule has 1 aromatic rings. The molecular weight excluding hydrogens is 199 g/mol. The van der Waals surface area contributed by atoms with Crippen molar-refractivity contribution in [1.29, 1.82) is 0 Å². The number of aryl methyl sites for hydroxylation is 2. The van der Waals surface area contributed by atoms with E-state index in [0.29, 0.717) is 0 Å². The maximum Gasteiger partial charge on any atom is 0.123 e. The van der Waals surface area contributed by atoms with Crippen molar-refractivity contribution < 1.29 is 4.39 Å². The van der Waals surface area contributed by atoms with E-state index < -0.39 is 0 Å². The van der Waals surface area contributed by atoms with Crippen LogP contribution in [0, 0.1) is 12.7 Å². The molecule has 2 heteroatoms. The molecule has 0 nitrogen and oxygen atoms in total. The fourth-order valence-corrected chi connectivity index (χ4v) is 1.43. The minimum absolute atomic E-state index is 0.177. The minimum Gasteiger partial charge on any atom is -0.207 e. The Hall–Kier alpha value is -0.820. The molecule has 76 valence electrons. The van der Waals surface area contributed by atoms with Crippen LogP contribution >= 0.6 is 11.6 Å². The molecule has 0 bridgehead atoms. The molecule has 0 aliphatic heterocycles. The Bertz CT molecular complexity index is 342. The van der Waals surface area contributed by atoms with E-state index in [1.54, 1.807) is 6.07 Å². The van der Waals surface area contributed by atoms with Crippen LogP contribution in [0.5, 0.6) is 0 Å². The summed E-state index contributed by atoms with van der Waals surface area (Å²) in [7, 11) is 0. The van der Waals surface area contributed by atoms with Crippen molar-refractivity contribution in [1.82, 2.24) is 0 Å². The third kappa shape index (κ3) is 3.15. The molecule has 0 spiro atoms. The van der Waals surface area contributed by atoms with Gasteiger partial charge in [0, 0.05) is 5.03 Å². The van der Waals surface area contributed by atoms with Crippen LogP contribution in [-0.4, -0.2) is 0 Å². The maximum atomic E-state index is 12.8. The first-order valence-corrected chi connectivity index (χ1v) is 5.07. The molecule has 0 aromatic heterocycles. The lowest BCUT2D eigenvalue weighted by atomic mass is 10.0. The number of benzene rings is 1. The third-order valence-electron chi connectivity index (χ3n) is 2.25. The van der Waals surface area contributed by atoms with Crippen LogP contribution in [0.3, 0.4) is 0 Å². The minimum atomic E-state index is -0.177. The zero-order chi connectivity index (χ0) is 10.6. The summed E-state index contributed by atoms with van der Waals surface area (Å²) in [5.41, 5.74) is 2.15. The van der Waals surface area contributed by atoms with Gasteiger partial charge >= 0.3 is 0 Å². The summed E-state index contributed by atoms with van der Waals surface area (Å²) in [6, 6.07) is 4.87. The summed E-state index contributed by atoms with van der Waals surface area (Å²) in [6.07, 6.45) is 3.58. The van der Waals surface area contributed by atoms with Crippen molar-refractivity contribution >= 4 is 11.6 Å². The largest absolute Gasteiger partial charge is 0.207 e. The molecule has 0 radical (unpaired) electrons. The van der Waals surface area contributed by atoms with Gasteiger partial charge in [0.1, 0.15) is 5.82 Å². The second-order valence-corrected chi connectivity index (χ2v) is 3.79. The molecule has 0 N–H and O–H groups in total. The van der Waals surface area contributed by atoms with E-state index in [-0.39, 0.29) is 5.82 Å². The predicted octanol–water partition coefficient (Wildman–Crippen LogP) is 4.21. The monoisotopic (exact) mass is 212 g/mol. The van der Waals surface area contributed by atoms with Gasteiger partial charge in [-0.15, -0.1) is 0 Å². The van der Waals surface area contributed by atoms with Crippen LogP contribution < -0.4 is 0 Å². The summed E-state index contributed by atoms with van der Waals surface area (Å²) >= 11 is 5.89. The molecular formula is C12H14ClF. The Balaban J connectivity index is 2.68. The lowest BCUT2D eigenvalue weighted by Crippen LogP contribution is -1.91. The van der Waals surface area contributed by atoms with Crippen molar-refractivity contribution in [3.8, 4) is 0 Å². The molecule has 0 aliphatic rings. The Morgan fingerprint density at radius 1 is 1.50 bits per heavy atom. The van der Waals surface area contributed by atoms with E-state index in [0.717, 1.165) is 29.0 Å². The van der Waals surface area contributed by atoms with Crippen molar-refractivity contribution in [2.45, 2.75) is 26.7 Å². The molecule has 0 saturated carbocycles. The van der Waals surface area contributed by atoms with E-state index in [4.69, 9.17) is 11.6 Å². The molecule has 1 aromatic carbocycles. The maximum absolute atomic E-state index is 12.8. The number of allylic oxidation sites excluding steroid dienone is 2. The zero-order valence-corrected chi connectivity index (χ0v) is 9.24. The zero-order valence-electron chi connectivity index (χ0n) is 8.48. The van der Waals surface area contributed by atoms with Gasteiger partial charge < -0.3 is 0 Å². The lowest BCUT2D eigenvalue weighted by Gasteiger charge is -2.04. The average Bonchev–Trinajstić information content (AvgIpc) is 2.16. The molecule has 0 unspecified atom stereocenters. The summed E-state index contributed by atoms with van der Waals surface area (Å²) in [4.78, 5) is 0. The average molecular weight is 213 g/mol. The number of rotatable bonds is 3. The van der Waals surface area contributed by atoms with Crippen LogP contribution in [0.2, 0.25) is 0 Å². The normalized spacial score (nSPS) is 11.9. The second kappa shape index (κ2) is 5.16. The molecule has 0 heterocycles. The van der Waals surface area contributed by atoms with Gasteiger partial charge in [-0.1, -0.05) is 23.7 Å². The molecule has 0 aliphatic carbocycles. The molecule has 0 amide bonds. The number of halogens is 2. The van der Waals surface area contributed by atoms with E-state index in [9.17, 15) is 4.39 Å². The van der Waals surface area contributed by atoms with Crippen molar-refractivity contribution in [2.75, 3.05) is 0 Å². The van der Waals surface area contributed by atoms with Gasteiger partial charge in [-0.2, -0.15) is 0 Å². The standard InChI is InChI=1S/C12H14ClF/c1-3-11(13)6-4-10-5-7-12(14)8-9(10)2/h3,5,7-8H,4,6H2,1-2H3/b11-3-. The van der Waals surface area contributed by atoms with Crippen LogP contribution in [0.1, 0.15) is 24.5 Å². The Labute approximate surface area is 89.4 Å². The highest BCUT2D eigenvalue weighted by atomic mass is 35.5. The summed E-state index contributed by atoms with van der Waals surface area (Å²) in [6.45, 7) is 3.84. The van der Waals surface area contributed by atoms with E-state index in [1.807, 2.05) is 26.0 Å². The highest BCUT2D eigenvalue weighted by molar-refractivity contribution is 6.29. The van der Waals surface area contributed by atoms with Gasteiger partial charge in [-0.25, -0.2) is 4.39 Å². The predicted molar refractivity (Wildman–Crippen MR) is 59.1 cm³/mol. The first-order chi connectivity index (χ1) is 6.63. The first-order valence-electron chi connectivity index (χ1n) is 4.69. The van der Waals surface area contributed by atoms with Crippen molar-refractivity contribution in [2.24, 2.45) is 0 Å². The van der Waals surface area contributed by atoms with E-state index >= 15 is 0 Å². The topological polar surface area (TPSA) is 0 Å². The molecule has 0 atom stereocenters. The number of hydrogen-bond donors (Lipinski definition) is 0. The Kier molecular flexibility index (Phi) is 4.15. The Morgan fingerprint density at radius 2 is 2.21 bits per heavy atom. The van der Waals surface area contributed by atoms with Gasteiger partial charge in [0.25, 0.3) is 0 Å². The molecule has 0 saturated heterocycles. The second-order valence-electron chi connectivity index (χ2n) is 3.31. The van der Waals surface area contributed by atoms with Crippen molar-refractivity contribution in [3.05, 3.63) is 46.3 Å². The highest BCUT2D eigenvalue weighted by Crippen LogP contribution is 2.16. The van der Waals surface area contributed by atoms with Crippen LogP contribution in [0.4, 0.5) is 4.39 Å². The van der Waals surface area contributed by atoms with Gasteiger partial charge in [0.15, 0.2) is 0 Å². The van der Waals surface area contributed by atoms with Gasteiger partial charge in [0.2, 0.25) is 0 Å². The lowest BCUT2D eigenvalue weighted by molar-refractivity contribution is 0.625. The molecule has 0 fully saturated rings. The van der Waals surface area contributed by atoms with Gasteiger partial charge in [-0.05, 0) is 49.9 Å². The van der Waals surface area contributed by atoms with Crippen LogP contribution in [0.15, 0.2) is 29.3 Å². The first kappa shape index (κ1) is 11.3. The smallest absolute Gasteiger partial charge is 0.123 e. The SMILES string of the molecule is C/C=C(\Cl)CCc1ccc(F)cc1C. The highest BCUT2D eigenvalue weighted by Gasteiger charge is 2.00. The summed E-state index contributed by atoms with van der Waals surface area (Å²) < 4.78 is 12.8. The third-order valence-corrected chi connectivity index (χ3v) is 2.66. The van der Waals surface area contributed by atoms with Crippen LogP contribution in [-0.2, 0) is 6.42 Å². The quantitative estimate of drug-likeness (QED) is 0.704. The van der Waals surface area contributed by atoms with Gasteiger partial charge in [-0.3, -0.25) is 0 Å². The van der Waals surface area contributed by atoms with Crippen molar-refractivity contribution in [3.63, 3.8) is 0 Å². The number of hydrogen-bond acceptors (Lipinski definition) is 0. The van der Waals surface area contributed by atoms with Crippen LogP contribution in [0.25, 0.3) is 0 Å². The fraction of sp³-hybridized carbons (Fsp3) is 0.333. The summed E-state index contributed by atoms with van der Waals surface area (Å²) in [5.74, 6) is -0.177. The van der Waals surface area contributed by atoms with E-state index in [1.165, 1.54) is 6.07 Å².